The molecule has 2 aromatic rings. The minimum atomic E-state index is -1.39. The third-order valence-corrected chi connectivity index (χ3v) is 3.26. The number of hydrogen-bond acceptors (Lipinski definition) is 5. The largest absolute Gasteiger partial charge is 0.492 e. The van der Waals surface area contributed by atoms with Crippen LogP contribution < -0.4 is 10.1 Å². The number of aromatic nitrogens is 1. The molecule has 0 saturated heterocycles. The van der Waals surface area contributed by atoms with Crippen molar-refractivity contribution in [2.75, 3.05) is 11.9 Å². The molecule has 0 aliphatic carbocycles. The van der Waals surface area contributed by atoms with E-state index in [0.717, 1.165) is 0 Å². The first kappa shape index (κ1) is 17.2. The molecule has 0 spiro atoms. The minimum absolute atomic E-state index is 0.0212. The molecule has 6 heteroatoms. The van der Waals surface area contributed by atoms with Crippen LogP contribution in [-0.2, 0) is 16.0 Å². The van der Waals surface area contributed by atoms with Crippen molar-refractivity contribution in [2.45, 2.75) is 13.3 Å². The normalized spacial score (nSPS) is 11.2. The number of ketones is 1. The van der Waals surface area contributed by atoms with E-state index in [-0.39, 0.29) is 6.42 Å². The number of anilines is 1. The molecule has 2 rings (SSSR count). The van der Waals surface area contributed by atoms with Crippen LogP contribution in [0.3, 0.4) is 0 Å². The Labute approximate surface area is 140 Å². The van der Waals surface area contributed by atoms with E-state index in [1.165, 1.54) is 6.20 Å². The Morgan fingerprint density at radius 2 is 2.08 bits per heavy atom. The molecule has 0 fully saturated rings. The van der Waals surface area contributed by atoms with E-state index in [4.69, 9.17) is 4.74 Å². The topological polar surface area (TPSA) is 92.1 Å². The van der Waals surface area contributed by atoms with Crippen molar-refractivity contribution in [3.05, 3.63) is 54.4 Å². The van der Waals surface area contributed by atoms with Gasteiger partial charge in [-0.3, -0.25) is 14.6 Å². The summed E-state index contributed by atoms with van der Waals surface area (Å²) in [6.07, 6.45) is 3.11. The molecule has 0 aliphatic heterocycles. The summed E-state index contributed by atoms with van der Waals surface area (Å²) in [6.45, 7) is 2.27. The zero-order chi connectivity index (χ0) is 17.4. The fraction of sp³-hybridized carbons (Fsp3) is 0.222. The van der Waals surface area contributed by atoms with Gasteiger partial charge in [-0.05, 0) is 30.7 Å². The second-order valence-electron chi connectivity index (χ2n) is 4.98. The lowest BCUT2D eigenvalue weighted by Crippen LogP contribution is -2.29. The lowest BCUT2D eigenvalue weighted by Gasteiger charge is -2.13. The molecule has 1 atom stereocenters. The minimum Gasteiger partial charge on any atom is -0.492 e. The van der Waals surface area contributed by atoms with Gasteiger partial charge in [0.2, 0.25) is 5.91 Å². The summed E-state index contributed by atoms with van der Waals surface area (Å²) in [7, 11) is 0. The van der Waals surface area contributed by atoms with Crippen molar-refractivity contribution in [1.29, 1.82) is 5.26 Å². The predicted octanol–water partition coefficient (Wildman–Crippen LogP) is 2.37. The molecule has 0 radical (unpaired) electrons. The molecule has 0 aliphatic rings. The Morgan fingerprint density at radius 1 is 1.29 bits per heavy atom. The molecule has 1 amide bonds. The Hall–Kier alpha value is -3.20. The predicted molar refractivity (Wildman–Crippen MR) is 88.3 cm³/mol. The number of nitrogens with zero attached hydrogens (tertiary/aromatic N) is 2. The zero-order valence-corrected chi connectivity index (χ0v) is 13.2. The summed E-state index contributed by atoms with van der Waals surface area (Å²) in [4.78, 5) is 28.5. The van der Waals surface area contributed by atoms with Gasteiger partial charge in [0.15, 0.2) is 11.7 Å². The molecule has 0 bridgehead atoms. The third kappa shape index (κ3) is 4.40. The zero-order valence-electron chi connectivity index (χ0n) is 13.2. The number of amides is 1. The van der Waals surface area contributed by atoms with Crippen LogP contribution in [0, 0.1) is 17.2 Å². The van der Waals surface area contributed by atoms with Gasteiger partial charge in [-0.25, -0.2) is 0 Å². The maximum atomic E-state index is 12.3. The monoisotopic (exact) mass is 323 g/mol. The van der Waals surface area contributed by atoms with Crippen LogP contribution in [0.2, 0.25) is 0 Å². The summed E-state index contributed by atoms with van der Waals surface area (Å²) in [6, 6.07) is 12.1. The first-order valence-electron chi connectivity index (χ1n) is 7.49. The number of rotatable bonds is 7. The van der Waals surface area contributed by atoms with E-state index in [0.29, 0.717) is 23.6 Å². The van der Waals surface area contributed by atoms with Crippen molar-refractivity contribution >= 4 is 17.4 Å². The SMILES string of the molecule is CCOc1ccccc1NC(=O)C(C#N)C(=O)Cc1cccnc1. The van der Waals surface area contributed by atoms with Crippen molar-refractivity contribution < 1.29 is 14.3 Å². The standard InChI is InChI=1S/C18H17N3O3/c1-2-24-17-8-4-3-7-15(17)21-18(23)14(11-19)16(22)10-13-6-5-9-20-12-13/h3-9,12,14H,2,10H2,1H3,(H,21,23). The number of hydrogen-bond donors (Lipinski definition) is 1. The van der Waals surface area contributed by atoms with Crippen LogP contribution in [0.25, 0.3) is 0 Å². The average molecular weight is 323 g/mol. The number of ether oxygens (including phenoxy) is 1. The van der Waals surface area contributed by atoms with E-state index in [1.807, 2.05) is 6.92 Å². The van der Waals surface area contributed by atoms with Crippen molar-refractivity contribution in [2.24, 2.45) is 5.92 Å². The number of pyridine rings is 1. The number of carbonyl (C=O) groups is 2. The molecule has 1 aromatic carbocycles. The van der Waals surface area contributed by atoms with Gasteiger partial charge in [0.05, 0.1) is 18.4 Å². The van der Waals surface area contributed by atoms with Gasteiger partial charge in [-0.1, -0.05) is 18.2 Å². The fourth-order valence-corrected chi connectivity index (χ4v) is 2.14. The van der Waals surface area contributed by atoms with Crippen LogP contribution in [0.1, 0.15) is 12.5 Å². The van der Waals surface area contributed by atoms with E-state index >= 15 is 0 Å². The highest BCUT2D eigenvalue weighted by molar-refractivity contribution is 6.10. The number of benzene rings is 1. The molecule has 1 heterocycles. The van der Waals surface area contributed by atoms with Gasteiger partial charge in [0.1, 0.15) is 5.75 Å². The highest BCUT2D eigenvalue weighted by atomic mass is 16.5. The fourth-order valence-electron chi connectivity index (χ4n) is 2.14. The number of para-hydroxylation sites is 2. The number of nitriles is 1. The van der Waals surface area contributed by atoms with Crippen LogP contribution in [0.15, 0.2) is 48.8 Å². The number of Topliss-reactive ketones (excluding diaryl/α,β-unsaturated/α-hetero) is 1. The molecular weight excluding hydrogens is 306 g/mol. The Kier molecular flexibility index (Phi) is 6.03. The lowest BCUT2D eigenvalue weighted by molar-refractivity contribution is -0.128. The van der Waals surface area contributed by atoms with Crippen molar-refractivity contribution in [1.82, 2.24) is 4.98 Å². The Bertz CT molecular complexity index is 754. The van der Waals surface area contributed by atoms with Crippen LogP contribution in [0.5, 0.6) is 5.75 Å². The molecule has 122 valence electrons. The maximum Gasteiger partial charge on any atom is 0.249 e. The van der Waals surface area contributed by atoms with Gasteiger partial charge >= 0.3 is 0 Å². The molecule has 1 aromatic heterocycles. The van der Waals surface area contributed by atoms with E-state index in [2.05, 4.69) is 10.3 Å². The number of carbonyl (C=O) groups excluding carboxylic acids is 2. The average Bonchev–Trinajstić information content (AvgIpc) is 2.58. The van der Waals surface area contributed by atoms with Crippen LogP contribution in [0.4, 0.5) is 5.69 Å². The van der Waals surface area contributed by atoms with E-state index in [1.54, 1.807) is 48.7 Å². The lowest BCUT2D eigenvalue weighted by atomic mass is 9.99. The summed E-state index contributed by atoms with van der Waals surface area (Å²) in [5.74, 6) is -2.04. The first-order valence-corrected chi connectivity index (χ1v) is 7.49. The quantitative estimate of drug-likeness (QED) is 0.790. The maximum absolute atomic E-state index is 12.3. The molecule has 24 heavy (non-hydrogen) atoms. The van der Waals surface area contributed by atoms with E-state index < -0.39 is 17.6 Å². The highest BCUT2D eigenvalue weighted by Crippen LogP contribution is 2.24. The molecule has 0 saturated carbocycles. The van der Waals surface area contributed by atoms with Crippen molar-refractivity contribution in [3.63, 3.8) is 0 Å². The van der Waals surface area contributed by atoms with Crippen LogP contribution >= 0.6 is 0 Å². The summed E-state index contributed by atoms with van der Waals surface area (Å²) < 4.78 is 5.42. The van der Waals surface area contributed by atoms with Gasteiger partial charge in [0, 0.05) is 18.8 Å². The van der Waals surface area contributed by atoms with Gasteiger partial charge in [-0.15, -0.1) is 0 Å². The molecule has 6 nitrogen and oxygen atoms in total. The molecular formula is C18H17N3O3. The van der Waals surface area contributed by atoms with Gasteiger partial charge < -0.3 is 10.1 Å². The summed E-state index contributed by atoms with van der Waals surface area (Å²) in [5.41, 5.74) is 1.09. The summed E-state index contributed by atoms with van der Waals surface area (Å²) >= 11 is 0. The van der Waals surface area contributed by atoms with Crippen molar-refractivity contribution in [3.8, 4) is 11.8 Å². The number of nitrogens with one attached hydrogen (secondary N) is 1. The second-order valence-corrected chi connectivity index (χ2v) is 4.98. The Balaban J connectivity index is 2.09. The Morgan fingerprint density at radius 3 is 2.75 bits per heavy atom. The van der Waals surface area contributed by atoms with E-state index in [9.17, 15) is 14.9 Å². The first-order chi connectivity index (χ1) is 11.7. The molecule has 1 unspecified atom stereocenters. The second kappa shape index (κ2) is 8.44. The summed E-state index contributed by atoms with van der Waals surface area (Å²) in [5, 5.41) is 11.8. The van der Waals surface area contributed by atoms with Crippen LogP contribution in [-0.4, -0.2) is 23.3 Å². The van der Waals surface area contributed by atoms with Gasteiger partial charge in [0.25, 0.3) is 0 Å². The third-order valence-electron chi connectivity index (χ3n) is 3.26. The smallest absolute Gasteiger partial charge is 0.249 e. The highest BCUT2D eigenvalue weighted by Gasteiger charge is 2.27. The molecule has 1 N–H and O–H groups in total. The van der Waals surface area contributed by atoms with Gasteiger partial charge in [-0.2, -0.15) is 5.26 Å².